The number of sulfonamides is 1. The molecule has 5 nitrogen and oxygen atoms in total. The number of hydrogen-bond acceptors (Lipinski definition) is 4. The van der Waals surface area contributed by atoms with Crippen LogP contribution in [0.25, 0.3) is 0 Å². The van der Waals surface area contributed by atoms with Gasteiger partial charge < -0.3 is 4.74 Å². The largest absolute Gasteiger partial charge is 0.495 e. The summed E-state index contributed by atoms with van der Waals surface area (Å²) >= 11 is 3.23. The Morgan fingerprint density at radius 3 is 2.50 bits per heavy atom. The van der Waals surface area contributed by atoms with Crippen LogP contribution in [0.1, 0.15) is 20.8 Å². The van der Waals surface area contributed by atoms with E-state index in [2.05, 4.69) is 20.7 Å². The van der Waals surface area contributed by atoms with Gasteiger partial charge in [0.15, 0.2) is 0 Å². The van der Waals surface area contributed by atoms with Crippen LogP contribution in [0.4, 0.5) is 0 Å². The standard InChI is InChI=1S/C13H17BrN2O3S/c1-9(2)13(3,8-15)16-20(17,18)12-7-10(14)5-6-11(12)19-4/h5-7,9,16H,1-4H3/t13-/m1/s1. The second kappa shape index (κ2) is 6.12. The molecule has 7 heteroatoms. The lowest BCUT2D eigenvalue weighted by atomic mass is 9.92. The van der Waals surface area contributed by atoms with Gasteiger partial charge in [-0.1, -0.05) is 29.8 Å². The third kappa shape index (κ3) is 3.51. The fourth-order valence-electron chi connectivity index (χ4n) is 1.46. The number of halogens is 1. The summed E-state index contributed by atoms with van der Waals surface area (Å²) < 4.78 is 33.1. The Labute approximate surface area is 128 Å². The molecule has 0 bridgehead atoms. The van der Waals surface area contributed by atoms with Crippen molar-refractivity contribution >= 4 is 26.0 Å². The highest BCUT2D eigenvalue weighted by Crippen LogP contribution is 2.29. The maximum absolute atomic E-state index is 12.5. The van der Waals surface area contributed by atoms with Gasteiger partial charge in [-0.05, 0) is 31.0 Å². The van der Waals surface area contributed by atoms with Crippen LogP contribution in [0.3, 0.4) is 0 Å². The average Bonchev–Trinajstić information content (AvgIpc) is 2.37. The van der Waals surface area contributed by atoms with E-state index in [9.17, 15) is 13.7 Å². The number of methoxy groups -OCH3 is 1. The molecule has 0 unspecified atom stereocenters. The predicted octanol–water partition coefficient (Wildman–Crippen LogP) is 2.67. The number of hydrogen-bond donors (Lipinski definition) is 1. The van der Waals surface area contributed by atoms with E-state index in [0.717, 1.165) is 0 Å². The Kier molecular flexibility index (Phi) is 5.19. The smallest absolute Gasteiger partial charge is 0.245 e. The maximum atomic E-state index is 12.5. The van der Waals surface area contributed by atoms with E-state index in [1.807, 2.05) is 6.07 Å². The van der Waals surface area contributed by atoms with Crippen molar-refractivity contribution in [1.29, 1.82) is 5.26 Å². The quantitative estimate of drug-likeness (QED) is 0.875. The summed E-state index contributed by atoms with van der Waals surface area (Å²) in [5, 5.41) is 9.23. The summed E-state index contributed by atoms with van der Waals surface area (Å²) in [6.45, 7) is 5.12. The van der Waals surface area contributed by atoms with Gasteiger partial charge >= 0.3 is 0 Å². The monoisotopic (exact) mass is 360 g/mol. The van der Waals surface area contributed by atoms with Crippen molar-refractivity contribution < 1.29 is 13.2 Å². The van der Waals surface area contributed by atoms with E-state index in [0.29, 0.717) is 4.47 Å². The molecule has 0 fully saturated rings. The van der Waals surface area contributed by atoms with Gasteiger partial charge in [0.05, 0.1) is 13.2 Å². The van der Waals surface area contributed by atoms with Gasteiger partial charge in [0.2, 0.25) is 10.0 Å². The van der Waals surface area contributed by atoms with Crippen molar-refractivity contribution in [3.05, 3.63) is 22.7 Å². The SMILES string of the molecule is COc1ccc(Br)cc1S(=O)(=O)N[C@](C)(C#N)C(C)C. The summed E-state index contributed by atoms with van der Waals surface area (Å²) in [6, 6.07) is 6.69. The summed E-state index contributed by atoms with van der Waals surface area (Å²) in [5.41, 5.74) is -1.19. The van der Waals surface area contributed by atoms with E-state index in [1.54, 1.807) is 32.9 Å². The molecule has 0 spiro atoms. The molecule has 0 heterocycles. The van der Waals surface area contributed by atoms with Crippen LogP contribution in [-0.2, 0) is 10.0 Å². The Bertz CT molecular complexity index is 638. The Morgan fingerprint density at radius 1 is 1.45 bits per heavy atom. The topological polar surface area (TPSA) is 79.2 Å². The van der Waals surface area contributed by atoms with Crippen LogP contribution in [0.5, 0.6) is 5.75 Å². The third-order valence-electron chi connectivity index (χ3n) is 3.15. The second-order valence-corrected chi connectivity index (χ2v) is 7.44. The Balaban J connectivity index is 3.32. The van der Waals surface area contributed by atoms with Gasteiger partial charge in [-0.3, -0.25) is 0 Å². The van der Waals surface area contributed by atoms with Crippen molar-refractivity contribution in [3.63, 3.8) is 0 Å². The van der Waals surface area contributed by atoms with Crippen LogP contribution in [0.15, 0.2) is 27.6 Å². The fourth-order valence-corrected chi connectivity index (χ4v) is 3.62. The van der Waals surface area contributed by atoms with E-state index < -0.39 is 15.6 Å². The van der Waals surface area contributed by atoms with Crippen molar-refractivity contribution in [2.75, 3.05) is 7.11 Å². The van der Waals surface area contributed by atoms with Gasteiger partial charge in [0.1, 0.15) is 16.2 Å². The number of ether oxygens (including phenoxy) is 1. The number of nitriles is 1. The van der Waals surface area contributed by atoms with E-state index in [1.165, 1.54) is 13.2 Å². The lowest BCUT2D eigenvalue weighted by Crippen LogP contribution is -2.48. The molecule has 1 aromatic rings. The molecular weight excluding hydrogens is 344 g/mol. The van der Waals surface area contributed by atoms with Crippen LogP contribution < -0.4 is 9.46 Å². The zero-order valence-electron chi connectivity index (χ0n) is 11.8. The number of nitrogens with one attached hydrogen (secondary N) is 1. The molecule has 110 valence electrons. The van der Waals surface area contributed by atoms with Crippen LogP contribution in [0.2, 0.25) is 0 Å². The number of rotatable bonds is 5. The molecule has 0 aliphatic carbocycles. The molecule has 1 atom stereocenters. The highest BCUT2D eigenvalue weighted by molar-refractivity contribution is 9.10. The van der Waals surface area contributed by atoms with Crippen molar-refractivity contribution in [1.82, 2.24) is 4.72 Å². The minimum absolute atomic E-state index is 0.00324. The zero-order chi connectivity index (χ0) is 15.6. The molecular formula is C13H17BrN2O3S. The van der Waals surface area contributed by atoms with Crippen LogP contribution in [0, 0.1) is 17.2 Å². The first-order valence-corrected chi connectivity index (χ1v) is 8.22. The van der Waals surface area contributed by atoms with Crippen molar-refractivity contribution in [2.24, 2.45) is 5.92 Å². The Morgan fingerprint density at radius 2 is 2.05 bits per heavy atom. The van der Waals surface area contributed by atoms with E-state index in [4.69, 9.17) is 4.74 Å². The molecule has 0 amide bonds. The summed E-state index contributed by atoms with van der Waals surface area (Å²) in [6.07, 6.45) is 0. The Hall–Kier alpha value is -1.10. The molecule has 20 heavy (non-hydrogen) atoms. The van der Waals surface area contributed by atoms with Gasteiger partial charge in [0, 0.05) is 4.47 Å². The fraction of sp³-hybridized carbons (Fsp3) is 0.462. The minimum Gasteiger partial charge on any atom is -0.495 e. The highest BCUT2D eigenvalue weighted by Gasteiger charge is 2.35. The second-order valence-electron chi connectivity index (χ2n) is 4.87. The molecule has 0 aromatic heterocycles. The molecule has 0 saturated carbocycles. The zero-order valence-corrected chi connectivity index (χ0v) is 14.2. The number of nitrogens with zero attached hydrogens (tertiary/aromatic N) is 1. The summed E-state index contributed by atoms with van der Waals surface area (Å²) in [4.78, 5) is -0.00324. The predicted molar refractivity (Wildman–Crippen MR) is 79.9 cm³/mol. The first-order valence-electron chi connectivity index (χ1n) is 5.95. The van der Waals surface area contributed by atoms with Crippen molar-refractivity contribution in [2.45, 2.75) is 31.2 Å². The first-order chi connectivity index (χ1) is 9.16. The normalized spacial score (nSPS) is 14.7. The van der Waals surface area contributed by atoms with Crippen LogP contribution in [-0.4, -0.2) is 21.1 Å². The molecule has 0 saturated heterocycles. The lowest BCUT2D eigenvalue weighted by molar-refractivity contribution is 0.383. The maximum Gasteiger partial charge on any atom is 0.245 e. The first kappa shape index (κ1) is 17.0. The summed E-state index contributed by atoms with van der Waals surface area (Å²) in [7, 11) is -2.47. The summed E-state index contributed by atoms with van der Waals surface area (Å²) in [5.74, 6) is 0.0465. The average molecular weight is 361 g/mol. The van der Waals surface area contributed by atoms with Crippen molar-refractivity contribution in [3.8, 4) is 11.8 Å². The van der Waals surface area contributed by atoms with Gasteiger partial charge in [-0.15, -0.1) is 0 Å². The van der Waals surface area contributed by atoms with Gasteiger partial charge in [-0.25, -0.2) is 8.42 Å². The molecule has 0 radical (unpaired) electrons. The minimum atomic E-state index is -3.87. The van der Waals surface area contributed by atoms with Gasteiger partial charge in [-0.2, -0.15) is 9.98 Å². The number of benzene rings is 1. The highest BCUT2D eigenvalue weighted by atomic mass is 79.9. The van der Waals surface area contributed by atoms with Crippen LogP contribution >= 0.6 is 15.9 Å². The lowest BCUT2D eigenvalue weighted by Gasteiger charge is -2.27. The van der Waals surface area contributed by atoms with E-state index in [-0.39, 0.29) is 16.6 Å². The van der Waals surface area contributed by atoms with Gasteiger partial charge in [0.25, 0.3) is 0 Å². The molecule has 1 aromatic carbocycles. The molecule has 0 aliphatic heterocycles. The third-order valence-corrected chi connectivity index (χ3v) is 5.23. The molecule has 1 rings (SSSR count). The molecule has 1 N–H and O–H groups in total. The van der Waals surface area contributed by atoms with E-state index >= 15 is 0 Å². The molecule has 0 aliphatic rings.